The van der Waals surface area contributed by atoms with Gasteiger partial charge in [0.1, 0.15) is 0 Å². The van der Waals surface area contributed by atoms with Crippen molar-refractivity contribution in [1.82, 2.24) is 15.1 Å². The van der Waals surface area contributed by atoms with Gasteiger partial charge in [-0.3, -0.25) is 9.89 Å². The second-order valence-corrected chi connectivity index (χ2v) is 7.01. The number of rotatable bonds is 9. The van der Waals surface area contributed by atoms with E-state index in [1.165, 1.54) is 24.0 Å². The molecular weight excluding hydrogens is 340 g/mol. The van der Waals surface area contributed by atoms with E-state index < -0.39 is 0 Å². The van der Waals surface area contributed by atoms with Gasteiger partial charge in [0.15, 0.2) is 17.5 Å². The Morgan fingerprint density at radius 1 is 1.19 bits per heavy atom. The highest BCUT2D eigenvalue weighted by Crippen LogP contribution is 2.33. The molecule has 0 saturated heterocycles. The van der Waals surface area contributed by atoms with Crippen molar-refractivity contribution in [3.05, 3.63) is 23.3 Å². The molecule has 0 bridgehead atoms. The Bertz CT molecular complexity index is 618. The molecule has 0 spiro atoms. The van der Waals surface area contributed by atoms with E-state index in [-0.39, 0.29) is 0 Å². The van der Waals surface area contributed by atoms with Gasteiger partial charge in [0.2, 0.25) is 0 Å². The first-order chi connectivity index (χ1) is 13.1. The fourth-order valence-corrected chi connectivity index (χ4v) is 3.40. The molecule has 0 aromatic heterocycles. The van der Waals surface area contributed by atoms with E-state index in [0.717, 1.165) is 63.1 Å². The van der Waals surface area contributed by atoms with Gasteiger partial charge in [-0.1, -0.05) is 13.3 Å². The third-order valence-electron chi connectivity index (χ3n) is 5.02. The zero-order valence-electron chi connectivity index (χ0n) is 17.7. The fourth-order valence-electron chi connectivity index (χ4n) is 3.40. The molecule has 0 unspecified atom stereocenters. The topological polar surface area (TPSA) is 49.3 Å². The minimum Gasteiger partial charge on any atom is -0.493 e. The maximum Gasteiger partial charge on any atom is 0.193 e. The number of benzene rings is 1. The highest BCUT2D eigenvalue weighted by Gasteiger charge is 2.19. The number of hydrogen-bond donors (Lipinski definition) is 1. The van der Waals surface area contributed by atoms with Crippen LogP contribution in [0, 0.1) is 0 Å². The number of ether oxygens (including phenoxy) is 2. The third kappa shape index (κ3) is 6.03. The average molecular weight is 377 g/mol. The van der Waals surface area contributed by atoms with Crippen LogP contribution >= 0.6 is 0 Å². The summed E-state index contributed by atoms with van der Waals surface area (Å²) in [6.45, 7) is 10.0. The molecule has 0 radical (unpaired) electrons. The Balaban J connectivity index is 1.95. The Morgan fingerprint density at radius 3 is 2.52 bits per heavy atom. The molecule has 1 aromatic carbocycles. The lowest BCUT2D eigenvalue weighted by Gasteiger charge is -2.29. The van der Waals surface area contributed by atoms with E-state index in [0.29, 0.717) is 0 Å². The first-order valence-electron chi connectivity index (χ1n) is 10.1. The van der Waals surface area contributed by atoms with Crippen LogP contribution in [0.5, 0.6) is 11.5 Å². The van der Waals surface area contributed by atoms with Crippen molar-refractivity contribution in [2.75, 3.05) is 54.0 Å². The third-order valence-corrected chi connectivity index (χ3v) is 5.02. The van der Waals surface area contributed by atoms with Crippen LogP contribution in [0.15, 0.2) is 17.1 Å². The molecule has 1 heterocycles. The second-order valence-electron chi connectivity index (χ2n) is 7.01. The van der Waals surface area contributed by atoms with Crippen LogP contribution in [0.3, 0.4) is 0 Å². The summed E-state index contributed by atoms with van der Waals surface area (Å²) >= 11 is 0. The summed E-state index contributed by atoms with van der Waals surface area (Å²) in [6.07, 6.45) is 3.43. The predicted octanol–water partition coefficient (Wildman–Crippen LogP) is 2.76. The maximum absolute atomic E-state index is 5.46. The monoisotopic (exact) mass is 376 g/mol. The molecule has 1 N–H and O–H groups in total. The molecular formula is C21H36N4O2. The summed E-state index contributed by atoms with van der Waals surface area (Å²) in [5.74, 6) is 2.64. The average Bonchev–Trinajstić information content (AvgIpc) is 2.70. The second kappa shape index (κ2) is 11.0. The predicted molar refractivity (Wildman–Crippen MR) is 112 cm³/mol. The van der Waals surface area contributed by atoms with Gasteiger partial charge >= 0.3 is 0 Å². The van der Waals surface area contributed by atoms with Gasteiger partial charge in [-0.15, -0.1) is 0 Å². The molecule has 2 rings (SSSR count). The lowest BCUT2D eigenvalue weighted by Crippen LogP contribution is -2.40. The molecule has 0 aliphatic carbocycles. The smallest absolute Gasteiger partial charge is 0.193 e. The molecule has 0 amide bonds. The quantitative estimate of drug-likeness (QED) is 0.530. The number of unbranched alkanes of at least 4 members (excludes halogenated alkanes) is 1. The van der Waals surface area contributed by atoms with Crippen LogP contribution in [0.2, 0.25) is 0 Å². The Hall–Kier alpha value is -1.95. The minimum atomic E-state index is 0.807. The van der Waals surface area contributed by atoms with Crippen LogP contribution in [-0.2, 0) is 13.0 Å². The number of hydrogen-bond acceptors (Lipinski definition) is 4. The molecule has 6 heteroatoms. The highest BCUT2D eigenvalue weighted by atomic mass is 16.5. The molecule has 1 aromatic rings. The summed E-state index contributed by atoms with van der Waals surface area (Å²) in [7, 11) is 5.50. The summed E-state index contributed by atoms with van der Waals surface area (Å²) in [6, 6.07) is 4.24. The van der Waals surface area contributed by atoms with Gasteiger partial charge in [-0.2, -0.15) is 0 Å². The largest absolute Gasteiger partial charge is 0.493 e. The zero-order valence-corrected chi connectivity index (χ0v) is 17.7. The molecule has 27 heavy (non-hydrogen) atoms. The molecule has 1 aliphatic rings. The van der Waals surface area contributed by atoms with Crippen molar-refractivity contribution >= 4 is 5.96 Å². The molecule has 0 saturated carbocycles. The molecule has 152 valence electrons. The number of nitrogens with zero attached hydrogens (tertiary/aromatic N) is 3. The van der Waals surface area contributed by atoms with Gasteiger partial charge in [-0.05, 0) is 43.0 Å². The molecule has 0 atom stereocenters. The van der Waals surface area contributed by atoms with Crippen LogP contribution in [0.4, 0.5) is 0 Å². The van der Waals surface area contributed by atoms with Crippen molar-refractivity contribution in [2.24, 2.45) is 4.99 Å². The molecule has 1 aliphatic heterocycles. The summed E-state index contributed by atoms with van der Waals surface area (Å²) in [5.41, 5.74) is 2.69. The standard InChI is InChI=1S/C21H36N4O2/c1-6-8-11-24(3)21(22-7-2)23-10-13-25-12-9-17-14-19(26-4)20(27-5)15-18(17)16-25/h14-15H,6-13,16H2,1-5H3,(H,22,23). The minimum absolute atomic E-state index is 0.807. The lowest BCUT2D eigenvalue weighted by molar-refractivity contribution is 0.259. The molecule has 6 nitrogen and oxygen atoms in total. The summed E-state index contributed by atoms with van der Waals surface area (Å²) in [4.78, 5) is 9.52. The Kier molecular flexibility index (Phi) is 8.72. The normalized spacial score (nSPS) is 14.6. The number of nitrogens with one attached hydrogen (secondary N) is 1. The Morgan fingerprint density at radius 2 is 1.89 bits per heavy atom. The summed E-state index contributed by atoms with van der Waals surface area (Å²) < 4.78 is 10.9. The SMILES string of the molecule is CCCCN(C)C(=NCCN1CCc2cc(OC)c(OC)cc2C1)NCC. The van der Waals surface area contributed by atoms with Gasteiger partial charge in [0.25, 0.3) is 0 Å². The number of fused-ring (bicyclic) bond motifs is 1. The maximum atomic E-state index is 5.46. The summed E-state index contributed by atoms with van der Waals surface area (Å²) in [5, 5.41) is 3.40. The van der Waals surface area contributed by atoms with Crippen LogP contribution in [-0.4, -0.2) is 69.8 Å². The van der Waals surface area contributed by atoms with Gasteiger partial charge in [-0.25, -0.2) is 0 Å². The Labute approximate surface area is 164 Å². The fraction of sp³-hybridized carbons (Fsp3) is 0.667. The van der Waals surface area contributed by atoms with E-state index in [1.807, 2.05) is 0 Å². The molecule has 0 fully saturated rings. The van der Waals surface area contributed by atoms with Gasteiger partial charge in [0.05, 0.1) is 20.8 Å². The zero-order chi connectivity index (χ0) is 19.6. The number of guanidine groups is 1. The first-order valence-corrected chi connectivity index (χ1v) is 10.1. The van der Waals surface area contributed by atoms with E-state index >= 15 is 0 Å². The van der Waals surface area contributed by atoms with E-state index in [2.05, 4.69) is 48.1 Å². The van der Waals surface area contributed by atoms with Crippen LogP contribution < -0.4 is 14.8 Å². The highest BCUT2D eigenvalue weighted by molar-refractivity contribution is 5.79. The first kappa shape index (κ1) is 21.4. The van der Waals surface area contributed by atoms with E-state index in [1.54, 1.807) is 14.2 Å². The van der Waals surface area contributed by atoms with Crippen molar-refractivity contribution in [1.29, 1.82) is 0 Å². The van der Waals surface area contributed by atoms with Crippen molar-refractivity contribution in [2.45, 2.75) is 39.7 Å². The van der Waals surface area contributed by atoms with Crippen molar-refractivity contribution < 1.29 is 9.47 Å². The van der Waals surface area contributed by atoms with Crippen LogP contribution in [0.1, 0.15) is 37.8 Å². The van der Waals surface area contributed by atoms with Crippen molar-refractivity contribution in [3.63, 3.8) is 0 Å². The van der Waals surface area contributed by atoms with E-state index in [4.69, 9.17) is 14.5 Å². The van der Waals surface area contributed by atoms with E-state index in [9.17, 15) is 0 Å². The lowest BCUT2D eigenvalue weighted by atomic mass is 9.99. The van der Waals surface area contributed by atoms with Crippen molar-refractivity contribution in [3.8, 4) is 11.5 Å². The number of methoxy groups -OCH3 is 2. The van der Waals surface area contributed by atoms with Gasteiger partial charge < -0.3 is 19.7 Å². The number of aliphatic imine (C=N–C) groups is 1. The van der Waals surface area contributed by atoms with Crippen LogP contribution in [0.25, 0.3) is 0 Å². The van der Waals surface area contributed by atoms with Gasteiger partial charge in [0, 0.05) is 39.8 Å².